The van der Waals surface area contributed by atoms with E-state index in [1.165, 1.54) is 0 Å². The van der Waals surface area contributed by atoms with Crippen molar-refractivity contribution in [3.63, 3.8) is 0 Å². The van der Waals surface area contributed by atoms with E-state index in [1.807, 2.05) is 60.7 Å². The molecule has 0 atom stereocenters. The summed E-state index contributed by atoms with van der Waals surface area (Å²) in [5, 5.41) is 5.16. The monoisotopic (exact) mass is 352 g/mol. The second kappa shape index (κ2) is 8.60. The Kier molecular flexibility index (Phi) is 5.99. The lowest BCUT2D eigenvalue weighted by Gasteiger charge is -2.09. The molecule has 0 unspecified atom stereocenters. The fraction of sp³-hybridized carbons (Fsp3) is 0.200. The minimum atomic E-state index is 0.676. The van der Waals surface area contributed by atoms with Gasteiger partial charge in [0.1, 0.15) is 5.82 Å². The highest BCUT2D eigenvalue weighted by atomic mass is 35.5. The number of nitrogens with one attached hydrogen (secondary N) is 1. The van der Waals surface area contributed by atoms with Crippen molar-refractivity contribution in [1.82, 2.24) is 9.97 Å². The Labute approximate surface area is 152 Å². The first-order valence-electron chi connectivity index (χ1n) is 8.40. The average Bonchev–Trinajstić information content (AvgIpc) is 2.64. The summed E-state index contributed by atoms with van der Waals surface area (Å²) in [5.41, 5.74) is 7.54. The molecule has 0 bridgehead atoms. The molecule has 0 saturated heterocycles. The van der Waals surface area contributed by atoms with E-state index in [-0.39, 0.29) is 0 Å². The van der Waals surface area contributed by atoms with Crippen LogP contribution in [0.25, 0.3) is 23.1 Å². The molecule has 2 aromatic carbocycles. The number of nitrogens with zero attached hydrogens (tertiary/aromatic N) is 2. The summed E-state index contributed by atoms with van der Waals surface area (Å²) >= 11 is 5.92. The van der Waals surface area contributed by atoms with Crippen LogP contribution >= 0.6 is 11.6 Å². The zero-order valence-electron chi connectivity index (χ0n) is 14.0. The number of nitrogens with two attached hydrogens (primary N) is 1. The van der Waals surface area contributed by atoms with Crippen LogP contribution in [0.1, 0.15) is 24.2 Å². The summed E-state index contributed by atoms with van der Waals surface area (Å²) in [7, 11) is 0. The van der Waals surface area contributed by atoms with Gasteiger partial charge in [-0.15, -0.1) is 0 Å². The van der Waals surface area contributed by atoms with Gasteiger partial charge in [0.2, 0.25) is 0 Å². The number of hydrogen-bond donors (Lipinski definition) is 2. The number of fused-ring (bicyclic) bond motifs is 1. The van der Waals surface area contributed by atoms with Gasteiger partial charge in [-0.1, -0.05) is 41.9 Å². The van der Waals surface area contributed by atoms with Crippen molar-refractivity contribution in [2.45, 2.75) is 12.8 Å². The zero-order valence-corrected chi connectivity index (χ0v) is 14.7. The minimum absolute atomic E-state index is 0.676. The normalized spacial score (nSPS) is 11.3. The molecule has 0 aliphatic carbocycles. The van der Waals surface area contributed by atoms with Crippen LogP contribution in [0.3, 0.4) is 0 Å². The summed E-state index contributed by atoms with van der Waals surface area (Å²) in [5.74, 6) is 1.54. The molecule has 128 valence electrons. The Morgan fingerprint density at radius 2 is 1.76 bits per heavy atom. The number of aromatic nitrogens is 2. The van der Waals surface area contributed by atoms with Crippen molar-refractivity contribution in [2.24, 2.45) is 5.73 Å². The third-order valence-corrected chi connectivity index (χ3v) is 4.09. The van der Waals surface area contributed by atoms with E-state index in [1.54, 1.807) is 0 Å². The fourth-order valence-corrected chi connectivity index (χ4v) is 2.65. The molecule has 0 radical (unpaired) electrons. The lowest BCUT2D eigenvalue weighted by Crippen LogP contribution is -2.08. The predicted molar refractivity (Wildman–Crippen MR) is 107 cm³/mol. The van der Waals surface area contributed by atoms with Gasteiger partial charge >= 0.3 is 0 Å². The third kappa shape index (κ3) is 4.78. The predicted octanol–water partition coefficient (Wildman–Crippen LogP) is 4.60. The molecule has 5 heteroatoms. The van der Waals surface area contributed by atoms with Crippen molar-refractivity contribution >= 4 is 40.5 Å². The SMILES string of the molecule is NCCCCNc1nc(/C=C/c2ccc(Cl)cc2)nc2ccccc12. The van der Waals surface area contributed by atoms with Crippen LogP contribution in [-0.2, 0) is 0 Å². The van der Waals surface area contributed by atoms with Crippen LogP contribution in [0, 0.1) is 0 Å². The molecule has 3 aromatic rings. The highest BCUT2D eigenvalue weighted by Gasteiger charge is 2.05. The van der Waals surface area contributed by atoms with Gasteiger partial charge in [-0.05, 0) is 55.3 Å². The van der Waals surface area contributed by atoms with Crippen LogP contribution < -0.4 is 11.1 Å². The maximum Gasteiger partial charge on any atom is 0.154 e. The summed E-state index contributed by atoms with van der Waals surface area (Å²) in [6, 6.07) is 15.7. The van der Waals surface area contributed by atoms with Gasteiger partial charge < -0.3 is 11.1 Å². The lowest BCUT2D eigenvalue weighted by molar-refractivity contribution is 0.772. The van der Waals surface area contributed by atoms with Crippen LogP contribution in [0.2, 0.25) is 5.02 Å². The van der Waals surface area contributed by atoms with Crippen LogP contribution in [0.4, 0.5) is 5.82 Å². The molecule has 0 aliphatic rings. The Balaban J connectivity index is 1.86. The molecule has 0 aliphatic heterocycles. The van der Waals surface area contributed by atoms with Crippen molar-refractivity contribution in [3.8, 4) is 0 Å². The van der Waals surface area contributed by atoms with Gasteiger partial charge in [-0.2, -0.15) is 0 Å². The first-order chi connectivity index (χ1) is 12.3. The van der Waals surface area contributed by atoms with Crippen LogP contribution in [0.5, 0.6) is 0 Å². The number of unbranched alkanes of at least 4 members (excludes halogenated alkanes) is 1. The highest BCUT2D eigenvalue weighted by molar-refractivity contribution is 6.30. The minimum Gasteiger partial charge on any atom is -0.369 e. The maximum atomic E-state index is 5.92. The number of halogens is 1. The highest BCUT2D eigenvalue weighted by Crippen LogP contribution is 2.21. The Morgan fingerprint density at radius 1 is 0.960 bits per heavy atom. The second-order valence-electron chi connectivity index (χ2n) is 5.76. The first kappa shape index (κ1) is 17.4. The van der Waals surface area contributed by atoms with Crippen LogP contribution in [0.15, 0.2) is 48.5 Å². The standard InChI is InChI=1S/C20H21ClN4/c21-16-10-7-15(8-11-16)9-12-19-24-18-6-2-1-5-17(18)20(25-19)23-14-4-3-13-22/h1-2,5-12H,3-4,13-14,22H2,(H,23,24,25)/b12-9+. The van der Waals surface area contributed by atoms with E-state index in [0.29, 0.717) is 12.4 Å². The third-order valence-electron chi connectivity index (χ3n) is 3.84. The number of rotatable bonds is 7. The molecule has 0 amide bonds. The fourth-order valence-electron chi connectivity index (χ4n) is 2.52. The van der Waals surface area contributed by atoms with E-state index in [4.69, 9.17) is 17.3 Å². The van der Waals surface area contributed by atoms with E-state index in [0.717, 1.165) is 46.7 Å². The van der Waals surface area contributed by atoms with Crippen molar-refractivity contribution in [1.29, 1.82) is 0 Å². The van der Waals surface area contributed by atoms with E-state index in [2.05, 4.69) is 15.3 Å². The lowest BCUT2D eigenvalue weighted by atomic mass is 10.2. The summed E-state index contributed by atoms with van der Waals surface area (Å²) in [6.07, 6.45) is 5.92. The molecule has 25 heavy (non-hydrogen) atoms. The van der Waals surface area contributed by atoms with Crippen LogP contribution in [-0.4, -0.2) is 23.1 Å². The van der Waals surface area contributed by atoms with Crippen molar-refractivity contribution in [2.75, 3.05) is 18.4 Å². The van der Waals surface area contributed by atoms with Gasteiger partial charge in [0.25, 0.3) is 0 Å². The average molecular weight is 353 g/mol. The van der Waals surface area contributed by atoms with E-state index < -0.39 is 0 Å². The summed E-state index contributed by atoms with van der Waals surface area (Å²) < 4.78 is 0. The molecule has 3 N–H and O–H groups in total. The molecule has 3 rings (SSSR count). The largest absolute Gasteiger partial charge is 0.369 e. The molecule has 4 nitrogen and oxygen atoms in total. The summed E-state index contributed by atoms with van der Waals surface area (Å²) in [4.78, 5) is 9.29. The molecule has 0 spiro atoms. The van der Waals surface area contributed by atoms with Gasteiger partial charge in [0.05, 0.1) is 5.52 Å². The second-order valence-corrected chi connectivity index (χ2v) is 6.19. The quantitative estimate of drug-likeness (QED) is 0.610. The van der Waals surface area contributed by atoms with E-state index in [9.17, 15) is 0 Å². The molecule has 0 fully saturated rings. The Bertz CT molecular complexity index is 859. The van der Waals surface area contributed by atoms with E-state index >= 15 is 0 Å². The topological polar surface area (TPSA) is 63.8 Å². The van der Waals surface area contributed by atoms with Crippen molar-refractivity contribution < 1.29 is 0 Å². The first-order valence-corrected chi connectivity index (χ1v) is 8.78. The van der Waals surface area contributed by atoms with Gasteiger partial charge in [0.15, 0.2) is 5.82 Å². The molecule has 0 saturated carbocycles. The molecule has 1 heterocycles. The van der Waals surface area contributed by atoms with Crippen molar-refractivity contribution in [3.05, 3.63) is 64.9 Å². The number of para-hydroxylation sites is 1. The van der Waals surface area contributed by atoms with Gasteiger partial charge in [-0.25, -0.2) is 9.97 Å². The number of anilines is 1. The van der Waals surface area contributed by atoms with Gasteiger partial charge in [-0.3, -0.25) is 0 Å². The molecular formula is C20H21ClN4. The Hall–Kier alpha value is -2.43. The van der Waals surface area contributed by atoms with Gasteiger partial charge in [0, 0.05) is 17.0 Å². The summed E-state index contributed by atoms with van der Waals surface area (Å²) in [6.45, 7) is 1.56. The smallest absolute Gasteiger partial charge is 0.154 e. The number of hydrogen-bond acceptors (Lipinski definition) is 4. The number of benzene rings is 2. The molecular weight excluding hydrogens is 332 g/mol. The maximum absolute atomic E-state index is 5.92. The zero-order chi connectivity index (χ0) is 17.5. The molecule has 1 aromatic heterocycles. The Morgan fingerprint density at radius 3 is 2.56 bits per heavy atom.